The number of nitrogens with zero attached hydrogens (tertiary/aromatic N) is 3. The Morgan fingerprint density at radius 1 is 1.19 bits per heavy atom. The fourth-order valence-corrected chi connectivity index (χ4v) is 3.47. The first-order valence-electron chi connectivity index (χ1n) is 8.79. The first-order valence-corrected chi connectivity index (χ1v) is 9.16. The Kier molecular flexibility index (Phi) is 7.01. The lowest BCUT2D eigenvalue weighted by Crippen LogP contribution is -2.52. The van der Waals surface area contributed by atoms with Gasteiger partial charge in [0.25, 0.3) is 0 Å². The van der Waals surface area contributed by atoms with Gasteiger partial charge in [0, 0.05) is 7.05 Å². The molecular formula is C19H25ClN4O2. The van der Waals surface area contributed by atoms with Crippen LogP contribution in [0.3, 0.4) is 0 Å². The quantitative estimate of drug-likeness (QED) is 0.828. The lowest BCUT2D eigenvalue weighted by atomic mass is 9.81. The van der Waals surface area contributed by atoms with Gasteiger partial charge in [0.2, 0.25) is 11.8 Å². The van der Waals surface area contributed by atoms with Crippen molar-refractivity contribution >= 4 is 29.1 Å². The third kappa shape index (κ3) is 4.96. The normalized spacial score (nSPS) is 16.0. The maximum absolute atomic E-state index is 12.6. The fraction of sp³-hybridized carbons (Fsp3) is 0.526. The monoisotopic (exact) mass is 376 g/mol. The Morgan fingerprint density at radius 2 is 1.85 bits per heavy atom. The number of para-hydroxylation sites is 1. The van der Waals surface area contributed by atoms with Gasteiger partial charge < -0.3 is 10.2 Å². The number of nitrogens with one attached hydrogen (secondary N) is 1. The summed E-state index contributed by atoms with van der Waals surface area (Å²) in [6, 6.07) is 9.34. The largest absolute Gasteiger partial charge is 0.326 e. The average Bonchev–Trinajstić information content (AvgIpc) is 2.63. The highest BCUT2D eigenvalue weighted by molar-refractivity contribution is 6.33. The van der Waals surface area contributed by atoms with Gasteiger partial charge >= 0.3 is 0 Å². The molecule has 0 radical (unpaired) electrons. The molecular weight excluding hydrogens is 352 g/mol. The van der Waals surface area contributed by atoms with Crippen LogP contribution in [-0.2, 0) is 9.59 Å². The summed E-state index contributed by atoms with van der Waals surface area (Å²) in [5.41, 5.74) is -0.169. The van der Waals surface area contributed by atoms with Crippen LogP contribution < -0.4 is 5.32 Å². The molecule has 0 aromatic heterocycles. The second-order valence-electron chi connectivity index (χ2n) is 6.86. The number of hydrogen-bond donors (Lipinski definition) is 1. The first-order chi connectivity index (χ1) is 12.4. The van der Waals surface area contributed by atoms with E-state index in [0.717, 1.165) is 19.3 Å². The summed E-state index contributed by atoms with van der Waals surface area (Å²) in [7, 11) is 3.40. The smallest absolute Gasteiger partial charge is 0.238 e. The predicted molar refractivity (Wildman–Crippen MR) is 102 cm³/mol. The van der Waals surface area contributed by atoms with E-state index in [1.165, 1.54) is 0 Å². The van der Waals surface area contributed by atoms with Gasteiger partial charge in [0.1, 0.15) is 5.54 Å². The van der Waals surface area contributed by atoms with Crippen molar-refractivity contribution in [2.75, 3.05) is 32.5 Å². The number of carbonyl (C=O) groups excluding carboxylic acids is 2. The molecule has 6 nitrogen and oxygen atoms in total. The molecule has 1 aliphatic carbocycles. The lowest BCUT2D eigenvalue weighted by Gasteiger charge is -2.39. The van der Waals surface area contributed by atoms with Crippen LogP contribution >= 0.6 is 11.6 Å². The highest BCUT2D eigenvalue weighted by atomic mass is 35.5. The van der Waals surface area contributed by atoms with Crippen molar-refractivity contribution in [2.24, 2.45) is 0 Å². The average molecular weight is 377 g/mol. The van der Waals surface area contributed by atoms with E-state index < -0.39 is 5.54 Å². The minimum absolute atomic E-state index is 0.0599. The molecule has 0 spiro atoms. The van der Waals surface area contributed by atoms with Gasteiger partial charge in [-0.2, -0.15) is 5.26 Å². The summed E-state index contributed by atoms with van der Waals surface area (Å²) >= 11 is 6.03. The SMILES string of the molecule is CN(CC(=O)Nc1ccccc1Cl)CC(=O)N(C)C1(C#N)CCCCC1. The van der Waals surface area contributed by atoms with Gasteiger partial charge in [0.15, 0.2) is 0 Å². The Hall–Kier alpha value is -2.10. The zero-order chi connectivity index (χ0) is 19.2. The number of anilines is 1. The Morgan fingerprint density at radius 3 is 2.46 bits per heavy atom. The summed E-state index contributed by atoms with van der Waals surface area (Å²) in [4.78, 5) is 28.0. The Labute approximate surface area is 159 Å². The Bertz CT molecular complexity index is 695. The number of carbonyl (C=O) groups is 2. The molecule has 0 aliphatic heterocycles. The molecule has 1 N–H and O–H groups in total. The molecule has 1 aromatic carbocycles. The highest BCUT2D eigenvalue weighted by Gasteiger charge is 2.38. The van der Waals surface area contributed by atoms with Crippen LogP contribution in [-0.4, -0.2) is 54.3 Å². The van der Waals surface area contributed by atoms with Crippen LogP contribution in [0.15, 0.2) is 24.3 Å². The number of nitriles is 1. The maximum Gasteiger partial charge on any atom is 0.238 e. The van der Waals surface area contributed by atoms with Gasteiger partial charge in [-0.25, -0.2) is 0 Å². The van der Waals surface area contributed by atoms with E-state index >= 15 is 0 Å². The van der Waals surface area contributed by atoms with E-state index in [0.29, 0.717) is 23.6 Å². The summed E-state index contributed by atoms with van der Waals surface area (Å²) in [6.07, 6.45) is 4.45. The number of rotatable bonds is 6. The van der Waals surface area contributed by atoms with Crippen LogP contribution in [0.5, 0.6) is 0 Å². The fourth-order valence-electron chi connectivity index (χ4n) is 3.29. The van der Waals surface area contributed by atoms with Gasteiger partial charge in [0.05, 0.1) is 29.9 Å². The molecule has 26 heavy (non-hydrogen) atoms. The number of halogens is 1. The third-order valence-electron chi connectivity index (χ3n) is 4.87. The molecule has 0 bridgehead atoms. The molecule has 0 saturated heterocycles. The molecule has 1 aromatic rings. The van der Waals surface area contributed by atoms with Crippen molar-refractivity contribution in [3.63, 3.8) is 0 Å². The van der Waals surface area contributed by atoms with Gasteiger partial charge in [-0.1, -0.05) is 43.0 Å². The zero-order valence-corrected chi connectivity index (χ0v) is 16.1. The standard InChI is InChI=1S/C19H25ClN4O2/c1-23(12-17(25)22-16-9-5-4-8-15(16)20)13-18(26)24(2)19(14-21)10-6-3-7-11-19/h4-5,8-9H,3,6-7,10-13H2,1-2H3,(H,22,25). The van der Waals surface area contributed by atoms with Crippen molar-refractivity contribution in [3.05, 3.63) is 29.3 Å². The van der Waals surface area contributed by atoms with Gasteiger partial charge in [-0.15, -0.1) is 0 Å². The summed E-state index contributed by atoms with van der Waals surface area (Å²) in [6.45, 7) is 0.139. The molecule has 0 heterocycles. The molecule has 2 amide bonds. The van der Waals surface area contributed by atoms with Crippen molar-refractivity contribution in [1.29, 1.82) is 5.26 Å². The molecule has 0 atom stereocenters. The number of hydrogen-bond acceptors (Lipinski definition) is 4. The minimum Gasteiger partial charge on any atom is -0.326 e. The second kappa shape index (κ2) is 9.02. The van der Waals surface area contributed by atoms with Crippen LogP contribution in [0, 0.1) is 11.3 Å². The molecule has 7 heteroatoms. The zero-order valence-electron chi connectivity index (χ0n) is 15.3. The molecule has 140 valence electrons. The summed E-state index contributed by atoms with van der Waals surface area (Å²) in [5.74, 6) is -0.398. The van der Waals surface area contributed by atoms with E-state index in [4.69, 9.17) is 11.6 Å². The third-order valence-corrected chi connectivity index (χ3v) is 5.20. The number of amides is 2. The first kappa shape index (κ1) is 20.2. The summed E-state index contributed by atoms with van der Waals surface area (Å²) < 4.78 is 0. The van der Waals surface area contributed by atoms with Gasteiger partial charge in [-0.05, 0) is 32.0 Å². The Balaban J connectivity index is 1.89. The molecule has 2 rings (SSSR count). The van der Waals surface area contributed by atoms with Crippen molar-refractivity contribution in [1.82, 2.24) is 9.80 Å². The molecule has 0 unspecified atom stereocenters. The van der Waals surface area contributed by atoms with E-state index in [1.807, 2.05) is 0 Å². The highest BCUT2D eigenvalue weighted by Crippen LogP contribution is 2.32. The van der Waals surface area contributed by atoms with Crippen molar-refractivity contribution < 1.29 is 9.59 Å². The van der Waals surface area contributed by atoms with E-state index in [9.17, 15) is 14.9 Å². The molecule has 1 fully saturated rings. The van der Waals surface area contributed by atoms with Crippen LogP contribution in [0.4, 0.5) is 5.69 Å². The predicted octanol–water partition coefficient (Wildman–Crippen LogP) is 2.90. The number of benzene rings is 1. The minimum atomic E-state index is -0.712. The number of likely N-dealkylation sites (N-methyl/N-ethyl adjacent to an activating group) is 2. The summed E-state index contributed by atoms with van der Waals surface area (Å²) in [5, 5.41) is 12.8. The van der Waals surface area contributed by atoms with E-state index in [2.05, 4.69) is 11.4 Å². The van der Waals surface area contributed by atoms with Crippen LogP contribution in [0.25, 0.3) is 0 Å². The van der Waals surface area contributed by atoms with Crippen LogP contribution in [0.2, 0.25) is 5.02 Å². The lowest BCUT2D eigenvalue weighted by molar-refractivity contribution is -0.136. The topological polar surface area (TPSA) is 76.4 Å². The molecule has 1 aliphatic rings. The maximum atomic E-state index is 12.6. The molecule has 1 saturated carbocycles. The van der Waals surface area contributed by atoms with Gasteiger partial charge in [-0.3, -0.25) is 14.5 Å². The van der Waals surface area contributed by atoms with E-state index in [-0.39, 0.29) is 24.9 Å². The second-order valence-corrected chi connectivity index (χ2v) is 7.26. The van der Waals surface area contributed by atoms with Crippen molar-refractivity contribution in [2.45, 2.75) is 37.6 Å². The van der Waals surface area contributed by atoms with Crippen molar-refractivity contribution in [3.8, 4) is 6.07 Å². The van der Waals surface area contributed by atoms with E-state index in [1.54, 1.807) is 48.2 Å². The van der Waals surface area contributed by atoms with Crippen LogP contribution in [0.1, 0.15) is 32.1 Å².